The van der Waals surface area contributed by atoms with E-state index in [1.54, 1.807) is 4.90 Å². The lowest BCUT2D eigenvalue weighted by atomic mass is 10.1. The summed E-state index contributed by atoms with van der Waals surface area (Å²) >= 11 is 0. The predicted molar refractivity (Wildman–Crippen MR) is 73.8 cm³/mol. The summed E-state index contributed by atoms with van der Waals surface area (Å²) in [7, 11) is -3.00. The Morgan fingerprint density at radius 2 is 1.90 bits per heavy atom. The Labute approximate surface area is 123 Å². The maximum atomic E-state index is 12.0. The Hall–Kier alpha value is -1.35. The van der Waals surface area contributed by atoms with Crippen molar-refractivity contribution in [2.45, 2.75) is 31.4 Å². The van der Waals surface area contributed by atoms with Crippen molar-refractivity contribution < 1.29 is 27.9 Å². The summed E-state index contributed by atoms with van der Waals surface area (Å²) in [5, 5.41) is 11.3. The lowest BCUT2D eigenvalue weighted by Crippen LogP contribution is -2.49. The minimum atomic E-state index is -3.00. The van der Waals surface area contributed by atoms with Gasteiger partial charge in [0.1, 0.15) is 6.61 Å². The molecule has 0 saturated carbocycles. The molecule has 0 radical (unpaired) electrons. The molecule has 2 saturated heterocycles. The van der Waals surface area contributed by atoms with Gasteiger partial charge >= 0.3 is 12.0 Å². The fraction of sp³-hybridized carbons (Fsp3) is 0.833. The molecule has 2 rings (SSSR count). The van der Waals surface area contributed by atoms with Crippen molar-refractivity contribution in [1.82, 2.24) is 10.2 Å². The van der Waals surface area contributed by atoms with E-state index in [4.69, 9.17) is 9.84 Å². The highest BCUT2D eigenvalue weighted by molar-refractivity contribution is 7.91. The van der Waals surface area contributed by atoms with Gasteiger partial charge in [-0.1, -0.05) is 0 Å². The second kappa shape index (κ2) is 6.61. The van der Waals surface area contributed by atoms with Crippen LogP contribution in [0.25, 0.3) is 0 Å². The van der Waals surface area contributed by atoms with E-state index in [-0.39, 0.29) is 36.3 Å². The van der Waals surface area contributed by atoms with E-state index in [2.05, 4.69) is 5.32 Å². The van der Waals surface area contributed by atoms with Crippen molar-refractivity contribution in [3.63, 3.8) is 0 Å². The molecule has 0 bridgehead atoms. The molecule has 1 atom stereocenters. The first-order valence-corrected chi connectivity index (χ1v) is 8.77. The number of nitrogens with one attached hydrogen (secondary N) is 1. The van der Waals surface area contributed by atoms with Crippen LogP contribution in [0.4, 0.5) is 4.79 Å². The number of piperidine rings is 1. The maximum absolute atomic E-state index is 12.0. The molecule has 2 aliphatic heterocycles. The third-order valence-electron chi connectivity index (χ3n) is 3.73. The summed E-state index contributed by atoms with van der Waals surface area (Å²) in [5.74, 6) is -0.863. The molecule has 2 aliphatic rings. The fourth-order valence-electron chi connectivity index (χ4n) is 2.59. The number of carbonyl (C=O) groups is 2. The minimum Gasteiger partial charge on any atom is -0.480 e. The SMILES string of the molecule is O=C(O)COC1CCN(C(=O)NC2CCS(=O)(=O)C2)CC1. The van der Waals surface area contributed by atoms with Crippen molar-refractivity contribution in [3.8, 4) is 0 Å². The average Bonchev–Trinajstić information content (AvgIpc) is 2.76. The molecule has 0 aromatic carbocycles. The zero-order valence-corrected chi connectivity index (χ0v) is 12.5. The Balaban J connectivity index is 1.72. The molecule has 8 nitrogen and oxygen atoms in total. The van der Waals surface area contributed by atoms with Gasteiger partial charge in [0, 0.05) is 19.1 Å². The van der Waals surface area contributed by atoms with Crippen molar-refractivity contribution >= 4 is 21.8 Å². The first-order valence-electron chi connectivity index (χ1n) is 6.95. The molecule has 2 fully saturated rings. The van der Waals surface area contributed by atoms with Crippen LogP contribution in [0.15, 0.2) is 0 Å². The van der Waals surface area contributed by atoms with Crippen LogP contribution in [0.3, 0.4) is 0 Å². The van der Waals surface area contributed by atoms with Gasteiger partial charge in [0.2, 0.25) is 0 Å². The van der Waals surface area contributed by atoms with E-state index in [0.29, 0.717) is 32.4 Å². The number of carboxylic acid groups (broad SMARTS) is 1. The monoisotopic (exact) mass is 320 g/mol. The highest BCUT2D eigenvalue weighted by Crippen LogP contribution is 2.15. The summed E-state index contributed by atoms with van der Waals surface area (Å²) in [5.41, 5.74) is 0. The second-order valence-electron chi connectivity index (χ2n) is 5.44. The quantitative estimate of drug-likeness (QED) is 0.718. The third-order valence-corrected chi connectivity index (χ3v) is 5.50. The van der Waals surface area contributed by atoms with Crippen molar-refractivity contribution in [3.05, 3.63) is 0 Å². The fourth-order valence-corrected chi connectivity index (χ4v) is 4.26. The molecule has 9 heteroatoms. The number of likely N-dealkylation sites (tertiary alicyclic amines) is 1. The zero-order valence-electron chi connectivity index (χ0n) is 11.7. The summed E-state index contributed by atoms with van der Waals surface area (Å²) in [6, 6.07) is -0.558. The Kier molecular flexibility index (Phi) is 5.04. The predicted octanol–water partition coefficient (Wildman–Crippen LogP) is -0.551. The first-order chi connectivity index (χ1) is 9.85. The smallest absolute Gasteiger partial charge is 0.329 e. The van der Waals surface area contributed by atoms with Gasteiger partial charge in [-0.2, -0.15) is 0 Å². The highest BCUT2D eigenvalue weighted by Gasteiger charge is 2.31. The second-order valence-corrected chi connectivity index (χ2v) is 7.67. The topological polar surface area (TPSA) is 113 Å². The molecule has 0 aromatic rings. The van der Waals surface area contributed by atoms with Crippen LogP contribution >= 0.6 is 0 Å². The number of sulfone groups is 1. The molecule has 2 amide bonds. The number of rotatable bonds is 4. The van der Waals surface area contributed by atoms with Crippen LogP contribution in [0.2, 0.25) is 0 Å². The number of hydrogen-bond donors (Lipinski definition) is 2. The van der Waals surface area contributed by atoms with Crippen LogP contribution < -0.4 is 5.32 Å². The standard InChI is InChI=1S/C12H20N2O6S/c15-11(16)7-20-10-1-4-14(5-2-10)12(17)13-9-3-6-21(18,19)8-9/h9-10H,1-8H2,(H,13,17)(H,15,16). The summed E-state index contributed by atoms with van der Waals surface area (Å²) in [4.78, 5) is 24.1. The summed E-state index contributed by atoms with van der Waals surface area (Å²) < 4.78 is 27.9. The molecule has 2 heterocycles. The van der Waals surface area contributed by atoms with E-state index < -0.39 is 15.8 Å². The van der Waals surface area contributed by atoms with Crippen LogP contribution in [0.1, 0.15) is 19.3 Å². The lowest BCUT2D eigenvalue weighted by Gasteiger charge is -2.32. The highest BCUT2D eigenvalue weighted by atomic mass is 32.2. The molecule has 21 heavy (non-hydrogen) atoms. The van der Waals surface area contributed by atoms with Crippen LogP contribution in [0, 0.1) is 0 Å². The van der Waals surface area contributed by atoms with Gasteiger partial charge in [-0.3, -0.25) is 0 Å². The van der Waals surface area contributed by atoms with Gasteiger partial charge in [0.25, 0.3) is 0 Å². The molecule has 0 aliphatic carbocycles. The third kappa shape index (κ3) is 4.85. The van der Waals surface area contributed by atoms with Gasteiger partial charge < -0.3 is 20.1 Å². The van der Waals surface area contributed by atoms with E-state index in [9.17, 15) is 18.0 Å². The van der Waals surface area contributed by atoms with Gasteiger partial charge in [-0.05, 0) is 19.3 Å². The number of carbonyl (C=O) groups excluding carboxylic acids is 1. The van der Waals surface area contributed by atoms with Crippen LogP contribution in [-0.4, -0.2) is 73.8 Å². The number of aliphatic carboxylic acids is 1. The number of ether oxygens (including phenoxy) is 1. The van der Waals surface area contributed by atoms with E-state index >= 15 is 0 Å². The van der Waals surface area contributed by atoms with E-state index in [1.165, 1.54) is 0 Å². The molecular formula is C12H20N2O6S. The minimum absolute atomic E-state index is 0.0108. The summed E-state index contributed by atoms with van der Waals surface area (Å²) in [6.07, 6.45) is 1.50. The summed E-state index contributed by atoms with van der Waals surface area (Å²) in [6.45, 7) is 0.641. The van der Waals surface area contributed by atoms with Gasteiger partial charge in [0.15, 0.2) is 9.84 Å². The van der Waals surface area contributed by atoms with Crippen LogP contribution in [-0.2, 0) is 19.4 Å². The van der Waals surface area contributed by atoms with Gasteiger partial charge in [-0.25, -0.2) is 18.0 Å². The number of carboxylic acids is 1. The molecule has 0 aromatic heterocycles. The van der Waals surface area contributed by atoms with Gasteiger partial charge in [-0.15, -0.1) is 0 Å². The number of amides is 2. The molecule has 0 spiro atoms. The van der Waals surface area contributed by atoms with Crippen molar-refractivity contribution in [1.29, 1.82) is 0 Å². The zero-order chi connectivity index (χ0) is 15.5. The van der Waals surface area contributed by atoms with Crippen LogP contribution in [0.5, 0.6) is 0 Å². The maximum Gasteiger partial charge on any atom is 0.329 e. The van der Waals surface area contributed by atoms with E-state index in [0.717, 1.165) is 0 Å². The number of hydrogen-bond acceptors (Lipinski definition) is 5. The average molecular weight is 320 g/mol. The van der Waals surface area contributed by atoms with Crippen molar-refractivity contribution in [2.75, 3.05) is 31.2 Å². The number of nitrogens with zero attached hydrogens (tertiary/aromatic N) is 1. The van der Waals surface area contributed by atoms with Gasteiger partial charge in [0.05, 0.1) is 17.6 Å². The molecule has 1 unspecified atom stereocenters. The molecule has 120 valence electrons. The van der Waals surface area contributed by atoms with E-state index in [1.807, 2.05) is 0 Å². The van der Waals surface area contributed by atoms with Crippen molar-refractivity contribution in [2.24, 2.45) is 0 Å². The lowest BCUT2D eigenvalue weighted by molar-refractivity contribution is -0.145. The largest absolute Gasteiger partial charge is 0.480 e. The Morgan fingerprint density at radius 3 is 2.43 bits per heavy atom. The Bertz CT molecular complexity index is 498. The Morgan fingerprint density at radius 1 is 1.24 bits per heavy atom. The molecular weight excluding hydrogens is 300 g/mol. The first kappa shape index (κ1) is 16.0. The molecule has 2 N–H and O–H groups in total. The normalized spacial score (nSPS) is 25.7. The number of urea groups is 1.